The number of carbonyl (C=O) groups is 1. The molecule has 22 heavy (non-hydrogen) atoms. The van der Waals surface area contributed by atoms with Crippen LogP contribution in [0.2, 0.25) is 0 Å². The Labute approximate surface area is 132 Å². The highest BCUT2D eigenvalue weighted by atomic mass is 16.5. The highest BCUT2D eigenvalue weighted by Crippen LogP contribution is 2.30. The van der Waals surface area contributed by atoms with Crippen molar-refractivity contribution in [2.24, 2.45) is 5.92 Å². The molecule has 0 saturated carbocycles. The van der Waals surface area contributed by atoms with E-state index in [1.165, 1.54) is 0 Å². The summed E-state index contributed by atoms with van der Waals surface area (Å²) in [6.07, 6.45) is 4.28. The minimum atomic E-state index is 0.0383. The monoisotopic (exact) mass is 303 g/mol. The summed E-state index contributed by atoms with van der Waals surface area (Å²) < 4.78 is 5.47. The average molecular weight is 303 g/mol. The molecule has 3 heterocycles. The molecule has 2 unspecified atom stereocenters. The summed E-state index contributed by atoms with van der Waals surface area (Å²) in [4.78, 5) is 19.0. The third-order valence-corrected chi connectivity index (χ3v) is 4.56. The van der Waals surface area contributed by atoms with Crippen LogP contribution in [0, 0.1) is 12.8 Å². The standard InChI is InChI=1S/C17H25N3O2/c1-13-5-2-7-15(19-13)16-8-3-9-20(16)17(21)18-11-14-6-4-10-22-12-14/h2,5,7,14,16H,3-4,6,8-12H2,1H3,(H,18,21). The number of urea groups is 1. The van der Waals surface area contributed by atoms with Crippen LogP contribution < -0.4 is 5.32 Å². The quantitative estimate of drug-likeness (QED) is 0.934. The predicted octanol–water partition coefficient (Wildman–Crippen LogP) is 2.66. The third kappa shape index (κ3) is 3.58. The van der Waals surface area contributed by atoms with E-state index in [9.17, 15) is 4.79 Å². The van der Waals surface area contributed by atoms with Gasteiger partial charge in [-0.25, -0.2) is 4.79 Å². The molecule has 2 amide bonds. The van der Waals surface area contributed by atoms with E-state index in [4.69, 9.17) is 4.74 Å². The lowest BCUT2D eigenvalue weighted by molar-refractivity contribution is 0.0551. The molecule has 0 aliphatic carbocycles. The van der Waals surface area contributed by atoms with Crippen LogP contribution in [-0.2, 0) is 4.74 Å². The first kappa shape index (κ1) is 15.3. The molecule has 2 aliphatic rings. The Morgan fingerprint density at radius 1 is 1.41 bits per heavy atom. The summed E-state index contributed by atoms with van der Waals surface area (Å²) in [6.45, 7) is 5.14. The van der Waals surface area contributed by atoms with Crippen LogP contribution in [0.15, 0.2) is 18.2 Å². The minimum absolute atomic E-state index is 0.0383. The number of pyridine rings is 1. The normalized spacial score (nSPS) is 25.2. The van der Waals surface area contributed by atoms with Crippen molar-refractivity contribution in [2.45, 2.75) is 38.6 Å². The maximum absolute atomic E-state index is 12.5. The van der Waals surface area contributed by atoms with Gasteiger partial charge >= 0.3 is 6.03 Å². The molecule has 2 saturated heterocycles. The molecule has 2 atom stereocenters. The van der Waals surface area contributed by atoms with Crippen LogP contribution in [0.3, 0.4) is 0 Å². The molecule has 3 rings (SSSR count). The van der Waals surface area contributed by atoms with E-state index in [0.717, 1.165) is 56.8 Å². The zero-order chi connectivity index (χ0) is 15.4. The maximum atomic E-state index is 12.5. The zero-order valence-corrected chi connectivity index (χ0v) is 13.3. The maximum Gasteiger partial charge on any atom is 0.317 e. The SMILES string of the molecule is Cc1cccc(C2CCCN2C(=O)NCC2CCCOC2)n1. The first-order chi connectivity index (χ1) is 10.7. The molecule has 0 bridgehead atoms. The van der Waals surface area contributed by atoms with Gasteiger partial charge in [0.2, 0.25) is 0 Å². The number of amides is 2. The van der Waals surface area contributed by atoms with Crippen LogP contribution in [-0.4, -0.2) is 42.2 Å². The van der Waals surface area contributed by atoms with Gasteiger partial charge in [-0.15, -0.1) is 0 Å². The van der Waals surface area contributed by atoms with Gasteiger partial charge in [0, 0.05) is 25.4 Å². The molecule has 0 spiro atoms. The van der Waals surface area contributed by atoms with Crippen molar-refractivity contribution in [3.8, 4) is 0 Å². The van der Waals surface area contributed by atoms with E-state index in [1.807, 2.05) is 30.0 Å². The number of hydrogen-bond donors (Lipinski definition) is 1. The molecule has 5 heteroatoms. The van der Waals surface area contributed by atoms with Crippen LogP contribution >= 0.6 is 0 Å². The lowest BCUT2D eigenvalue weighted by atomic mass is 10.0. The van der Waals surface area contributed by atoms with Crippen LogP contribution in [0.5, 0.6) is 0 Å². The number of nitrogens with one attached hydrogen (secondary N) is 1. The topological polar surface area (TPSA) is 54.5 Å². The molecule has 1 N–H and O–H groups in total. The highest BCUT2D eigenvalue weighted by Gasteiger charge is 2.31. The molecule has 5 nitrogen and oxygen atoms in total. The second-order valence-corrected chi connectivity index (χ2v) is 6.32. The number of nitrogens with zero attached hydrogens (tertiary/aromatic N) is 2. The van der Waals surface area contributed by atoms with E-state index in [2.05, 4.69) is 10.3 Å². The van der Waals surface area contributed by atoms with Crippen LogP contribution in [0.25, 0.3) is 0 Å². The fourth-order valence-corrected chi connectivity index (χ4v) is 3.37. The smallest absolute Gasteiger partial charge is 0.317 e. The number of hydrogen-bond acceptors (Lipinski definition) is 3. The highest BCUT2D eigenvalue weighted by molar-refractivity contribution is 5.75. The number of aryl methyl sites for hydroxylation is 1. The molecular weight excluding hydrogens is 278 g/mol. The van der Waals surface area contributed by atoms with E-state index in [1.54, 1.807) is 0 Å². The van der Waals surface area contributed by atoms with Gasteiger partial charge in [-0.2, -0.15) is 0 Å². The summed E-state index contributed by atoms with van der Waals surface area (Å²) in [7, 11) is 0. The van der Waals surface area contributed by atoms with Gasteiger partial charge in [-0.05, 0) is 50.7 Å². The summed E-state index contributed by atoms with van der Waals surface area (Å²) in [6, 6.07) is 6.19. The van der Waals surface area contributed by atoms with Crippen molar-refractivity contribution in [3.05, 3.63) is 29.6 Å². The van der Waals surface area contributed by atoms with Gasteiger partial charge in [0.25, 0.3) is 0 Å². The molecule has 0 radical (unpaired) electrons. The molecule has 1 aromatic rings. The number of ether oxygens (including phenoxy) is 1. The lowest BCUT2D eigenvalue weighted by Crippen LogP contribution is -2.42. The largest absolute Gasteiger partial charge is 0.381 e. The van der Waals surface area contributed by atoms with E-state index in [-0.39, 0.29) is 12.1 Å². The second-order valence-electron chi connectivity index (χ2n) is 6.32. The van der Waals surface area contributed by atoms with Crippen molar-refractivity contribution in [2.75, 3.05) is 26.3 Å². The third-order valence-electron chi connectivity index (χ3n) is 4.56. The van der Waals surface area contributed by atoms with Crippen molar-refractivity contribution in [1.82, 2.24) is 15.2 Å². The molecular formula is C17H25N3O2. The Hall–Kier alpha value is -1.62. The van der Waals surface area contributed by atoms with Gasteiger partial charge < -0.3 is 15.0 Å². The summed E-state index contributed by atoms with van der Waals surface area (Å²) >= 11 is 0. The van der Waals surface area contributed by atoms with Gasteiger partial charge in [0.05, 0.1) is 18.3 Å². The van der Waals surface area contributed by atoms with Crippen molar-refractivity contribution in [3.63, 3.8) is 0 Å². The lowest BCUT2D eigenvalue weighted by Gasteiger charge is -2.27. The molecule has 2 fully saturated rings. The fraction of sp³-hybridized carbons (Fsp3) is 0.647. The second kappa shape index (κ2) is 7.09. The Morgan fingerprint density at radius 3 is 3.09 bits per heavy atom. The summed E-state index contributed by atoms with van der Waals surface area (Å²) in [5, 5.41) is 3.09. The first-order valence-electron chi connectivity index (χ1n) is 8.30. The van der Waals surface area contributed by atoms with Crippen molar-refractivity contribution >= 4 is 6.03 Å². The van der Waals surface area contributed by atoms with Crippen LogP contribution in [0.1, 0.15) is 43.1 Å². The van der Waals surface area contributed by atoms with Crippen molar-refractivity contribution < 1.29 is 9.53 Å². The van der Waals surface area contributed by atoms with E-state index < -0.39 is 0 Å². The Balaban J connectivity index is 1.58. The number of likely N-dealkylation sites (tertiary alicyclic amines) is 1. The Bertz CT molecular complexity index is 514. The molecule has 1 aromatic heterocycles. The summed E-state index contributed by atoms with van der Waals surface area (Å²) in [5.41, 5.74) is 2.01. The number of rotatable bonds is 3. The van der Waals surface area contributed by atoms with Gasteiger partial charge in [0.15, 0.2) is 0 Å². The minimum Gasteiger partial charge on any atom is -0.381 e. The van der Waals surface area contributed by atoms with E-state index >= 15 is 0 Å². The average Bonchev–Trinajstić information content (AvgIpc) is 3.03. The van der Waals surface area contributed by atoms with E-state index in [0.29, 0.717) is 12.5 Å². The molecule has 0 aromatic carbocycles. The number of carbonyl (C=O) groups excluding carboxylic acids is 1. The molecule has 120 valence electrons. The molecule has 2 aliphatic heterocycles. The summed E-state index contributed by atoms with van der Waals surface area (Å²) in [5.74, 6) is 0.454. The predicted molar refractivity (Wildman–Crippen MR) is 84.6 cm³/mol. The van der Waals surface area contributed by atoms with Gasteiger partial charge in [-0.3, -0.25) is 4.98 Å². The Kier molecular flexibility index (Phi) is 4.93. The fourth-order valence-electron chi connectivity index (χ4n) is 3.37. The zero-order valence-electron chi connectivity index (χ0n) is 13.3. The van der Waals surface area contributed by atoms with Crippen LogP contribution in [0.4, 0.5) is 4.79 Å². The Morgan fingerprint density at radius 2 is 2.32 bits per heavy atom. The first-order valence-corrected chi connectivity index (χ1v) is 8.30. The van der Waals surface area contributed by atoms with Gasteiger partial charge in [-0.1, -0.05) is 6.07 Å². The van der Waals surface area contributed by atoms with Gasteiger partial charge in [0.1, 0.15) is 0 Å². The number of aromatic nitrogens is 1. The van der Waals surface area contributed by atoms with Crippen molar-refractivity contribution in [1.29, 1.82) is 0 Å².